The zero-order valence-corrected chi connectivity index (χ0v) is 18.3. The SMILES string of the molecule is COCCN(C(=O)c1ccc2c(c1)C(=O)N(C)C2=O)c1c(N)n(CC(C)C)c(=O)[nH]c1=O. The van der Waals surface area contributed by atoms with Crippen LogP contribution in [0.25, 0.3) is 0 Å². The van der Waals surface area contributed by atoms with Crippen molar-refractivity contribution in [3.8, 4) is 0 Å². The maximum absolute atomic E-state index is 13.4. The van der Waals surface area contributed by atoms with Gasteiger partial charge in [0, 0.05) is 32.8 Å². The number of aromatic amines is 1. The van der Waals surface area contributed by atoms with Gasteiger partial charge in [0.25, 0.3) is 23.3 Å². The normalized spacial score (nSPS) is 13.1. The first kappa shape index (κ1) is 22.9. The van der Waals surface area contributed by atoms with Crippen molar-refractivity contribution in [2.45, 2.75) is 20.4 Å². The van der Waals surface area contributed by atoms with Gasteiger partial charge >= 0.3 is 5.69 Å². The highest BCUT2D eigenvalue weighted by Crippen LogP contribution is 2.25. The van der Waals surface area contributed by atoms with Gasteiger partial charge in [-0.15, -0.1) is 0 Å². The van der Waals surface area contributed by atoms with Crippen molar-refractivity contribution in [2.75, 3.05) is 37.9 Å². The molecule has 0 aliphatic carbocycles. The number of nitrogen functional groups attached to an aromatic ring is 1. The number of hydrogen-bond donors (Lipinski definition) is 2. The van der Waals surface area contributed by atoms with Crippen molar-refractivity contribution in [3.05, 3.63) is 55.7 Å². The Bertz CT molecular complexity index is 1210. The van der Waals surface area contributed by atoms with E-state index in [1.807, 2.05) is 13.8 Å². The van der Waals surface area contributed by atoms with Gasteiger partial charge in [-0.2, -0.15) is 0 Å². The van der Waals surface area contributed by atoms with Crippen molar-refractivity contribution in [1.29, 1.82) is 0 Å². The molecule has 0 saturated heterocycles. The fourth-order valence-electron chi connectivity index (χ4n) is 3.53. The van der Waals surface area contributed by atoms with Gasteiger partial charge in [0.1, 0.15) is 5.82 Å². The third kappa shape index (κ3) is 3.94. The molecular formula is C21H25N5O6. The van der Waals surface area contributed by atoms with Gasteiger partial charge in [-0.05, 0) is 24.1 Å². The summed E-state index contributed by atoms with van der Waals surface area (Å²) in [5.74, 6) is -1.71. The lowest BCUT2D eigenvalue weighted by Crippen LogP contribution is -2.43. The van der Waals surface area contributed by atoms with Gasteiger partial charge in [0.15, 0.2) is 5.69 Å². The topological polar surface area (TPSA) is 148 Å². The number of imide groups is 1. The fourth-order valence-corrected chi connectivity index (χ4v) is 3.53. The van der Waals surface area contributed by atoms with E-state index >= 15 is 0 Å². The molecule has 3 N–H and O–H groups in total. The molecular weight excluding hydrogens is 418 g/mol. The quantitative estimate of drug-likeness (QED) is 0.585. The molecule has 3 amide bonds. The van der Waals surface area contributed by atoms with E-state index in [9.17, 15) is 24.0 Å². The van der Waals surface area contributed by atoms with Gasteiger partial charge in [-0.25, -0.2) is 4.79 Å². The number of hydrogen-bond acceptors (Lipinski definition) is 7. The summed E-state index contributed by atoms with van der Waals surface area (Å²) < 4.78 is 6.28. The van der Waals surface area contributed by atoms with E-state index in [1.54, 1.807) is 0 Å². The smallest absolute Gasteiger partial charge is 0.330 e. The number of carbonyl (C=O) groups is 3. The molecule has 0 spiro atoms. The van der Waals surface area contributed by atoms with Gasteiger partial charge in [0.05, 0.1) is 17.7 Å². The summed E-state index contributed by atoms with van der Waals surface area (Å²) in [5, 5.41) is 0. The molecule has 170 valence electrons. The Hall–Kier alpha value is -3.73. The van der Waals surface area contributed by atoms with Crippen LogP contribution in [0.15, 0.2) is 27.8 Å². The van der Waals surface area contributed by atoms with Crippen LogP contribution in [0.1, 0.15) is 44.9 Å². The molecule has 2 aromatic rings. The molecule has 32 heavy (non-hydrogen) atoms. The second-order valence-corrected chi connectivity index (χ2v) is 7.88. The molecule has 0 fully saturated rings. The number of nitrogens with two attached hydrogens (primary N) is 1. The molecule has 11 heteroatoms. The zero-order valence-electron chi connectivity index (χ0n) is 18.3. The van der Waals surface area contributed by atoms with Gasteiger partial charge in [0.2, 0.25) is 0 Å². The number of methoxy groups -OCH3 is 1. The Morgan fingerprint density at radius 2 is 1.81 bits per heavy atom. The summed E-state index contributed by atoms with van der Waals surface area (Å²) in [4.78, 5) is 67.1. The van der Waals surface area contributed by atoms with Crippen LogP contribution in [0.2, 0.25) is 0 Å². The number of anilines is 2. The minimum atomic E-state index is -0.816. The van der Waals surface area contributed by atoms with Crippen molar-refractivity contribution in [3.63, 3.8) is 0 Å². The zero-order chi connectivity index (χ0) is 23.7. The lowest BCUT2D eigenvalue weighted by molar-refractivity contribution is 0.0693. The second kappa shape index (κ2) is 8.79. The van der Waals surface area contributed by atoms with Crippen molar-refractivity contribution >= 4 is 29.2 Å². The standard InChI is InChI=1S/C21H25N5O6/c1-11(2)10-26-16(22)15(17(27)23-21(26)31)25(7-8-32-4)18(28)12-5-6-13-14(9-12)20(30)24(3)19(13)29/h5-6,9,11H,7-8,10,22H2,1-4H3,(H,23,27,31). The highest BCUT2D eigenvalue weighted by molar-refractivity contribution is 6.22. The molecule has 3 rings (SSSR count). The molecule has 1 aromatic carbocycles. The Kier molecular flexibility index (Phi) is 6.30. The van der Waals surface area contributed by atoms with Crippen molar-refractivity contribution in [1.82, 2.24) is 14.5 Å². The fraction of sp³-hybridized carbons (Fsp3) is 0.381. The van der Waals surface area contributed by atoms with Crippen LogP contribution in [-0.2, 0) is 11.3 Å². The van der Waals surface area contributed by atoms with E-state index in [0.29, 0.717) is 0 Å². The number of nitrogens with zero attached hydrogens (tertiary/aromatic N) is 3. The molecule has 1 aliphatic rings. The highest BCUT2D eigenvalue weighted by atomic mass is 16.5. The van der Waals surface area contributed by atoms with Gasteiger partial charge in [-0.3, -0.25) is 38.5 Å². The van der Waals surface area contributed by atoms with Crippen LogP contribution < -0.4 is 21.9 Å². The largest absolute Gasteiger partial charge is 0.383 e. The Morgan fingerprint density at radius 3 is 2.44 bits per heavy atom. The van der Waals surface area contributed by atoms with Crippen LogP contribution >= 0.6 is 0 Å². The summed E-state index contributed by atoms with van der Waals surface area (Å²) in [6.45, 7) is 4.04. The van der Waals surface area contributed by atoms with Crippen molar-refractivity contribution in [2.24, 2.45) is 5.92 Å². The van der Waals surface area contributed by atoms with Crippen LogP contribution in [0, 0.1) is 5.92 Å². The predicted octanol–water partition coefficient (Wildman–Crippen LogP) is 0.294. The third-order valence-corrected chi connectivity index (χ3v) is 5.13. The number of ether oxygens (including phenoxy) is 1. The first-order chi connectivity index (χ1) is 15.1. The van der Waals surface area contributed by atoms with Crippen LogP contribution in [0.5, 0.6) is 0 Å². The summed E-state index contributed by atoms with van der Waals surface area (Å²) >= 11 is 0. The summed E-state index contributed by atoms with van der Waals surface area (Å²) in [6, 6.07) is 4.11. The lowest BCUT2D eigenvalue weighted by atomic mass is 10.0. The average Bonchev–Trinajstić information content (AvgIpc) is 2.96. The van der Waals surface area contributed by atoms with E-state index in [0.717, 1.165) is 9.80 Å². The second-order valence-electron chi connectivity index (χ2n) is 7.88. The average molecular weight is 443 g/mol. The van der Waals surface area contributed by atoms with Crippen molar-refractivity contribution < 1.29 is 19.1 Å². The van der Waals surface area contributed by atoms with E-state index in [4.69, 9.17) is 10.5 Å². The van der Waals surface area contributed by atoms with E-state index in [-0.39, 0.29) is 53.8 Å². The minimum Gasteiger partial charge on any atom is -0.383 e. The molecule has 1 aliphatic heterocycles. The van der Waals surface area contributed by atoms with Gasteiger partial charge in [-0.1, -0.05) is 13.8 Å². The van der Waals surface area contributed by atoms with Crippen LogP contribution in [-0.4, -0.2) is 59.5 Å². The van der Waals surface area contributed by atoms with E-state index < -0.39 is 29.0 Å². The molecule has 2 heterocycles. The number of carbonyl (C=O) groups excluding carboxylic acids is 3. The maximum Gasteiger partial charge on any atom is 0.330 e. The summed E-state index contributed by atoms with van der Waals surface area (Å²) in [7, 11) is 2.79. The summed E-state index contributed by atoms with van der Waals surface area (Å²) in [5.41, 5.74) is 4.87. The van der Waals surface area contributed by atoms with E-state index in [1.165, 1.54) is 36.9 Å². The number of H-pyrrole nitrogens is 1. The van der Waals surface area contributed by atoms with Crippen LogP contribution in [0.4, 0.5) is 11.5 Å². The third-order valence-electron chi connectivity index (χ3n) is 5.13. The number of benzene rings is 1. The number of amides is 3. The maximum atomic E-state index is 13.4. The molecule has 11 nitrogen and oxygen atoms in total. The first-order valence-electron chi connectivity index (χ1n) is 9.98. The number of fused-ring (bicyclic) bond motifs is 1. The number of nitrogens with one attached hydrogen (secondary N) is 1. The molecule has 0 unspecified atom stereocenters. The van der Waals surface area contributed by atoms with Crippen LogP contribution in [0.3, 0.4) is 0 Å². The number of aromatic nitrogens is 2. The minimum absolute atomic E-state index is 0.0354. The highest BCUT2D eigenvalue weighted by Gasteiger charge is 2.34. The Balaban J connectivity index is 2.12. The molecule has 0 atom stereocenters. The molecule has 0 radical (unpaired) electrons. The van der Waals surface area contributed by atoms with Gasteiger partial charge < -0.3 is 10.5 Å². The molecule has 0 saturated carbocycles. The molecule has 1 aromatic heterocycles. The predicted molar refractivity (Wildman–Crippen MR) is 117 cm³/mol. The lowest BCUT2D eigenvalue weighted by Gasteiger charge is -2.25. The number of rotatable bonds is 7. The Labute approximate surface area is 183 Å². The first-order valence-corrected chi connectivity index (χ1v) is 9.98. The van der Waals surface area contributed by atoms with E-state index in [2.05, 4.69) is 4.98 Å². The monoisotopic (exact) mass is 443 g/mol. The molecule has 0 bridgehead atoms. The summed E-state index contributed by atoms with van der Waals surface area (Å²) in [6.07, 6.45) is 0. The Morgan fingerprint density at radius 1 is 1.16 bits per heavy atom.